The van der Waals surface area contributed by atoms with Crippen LogP contribution in [0.5, 0.6) is 0 Å². The van der Waals surface area contributed by atoms with Crippen molar-refractivity contribution in [3.63, 3.8) is 0 Å². The number of nitrogens with zero attached hydrogens (tertiary/aromatic N) is 2. The normalized spacial score (nSPS) is 20.7. The number of carbonyl (C=O) groups is 2. The van der Waals surface area contributed by atoms with E-state index in [1.165, 1.54) is 12.8 Å². The van der Waals surface area contributed by atoms with Gasteiger partial charge in [0.1, 0.15) is 11.8 Å². The Balaban J connectivity index is 1.48. The van der Waals surface area contributed by atoms with Crippen LogP contribution in [0.2, 0.25) is 0 Å². The van der Waals surface area contributed by atoms with Crippen molar-refractivity contribution in [2.45, 2.75) is 31.8 Å². The molecule has 1 atom stereocenters. The summed E-state index contributed by atoms with van der Waals surface area (Å²) >= 11 is 0. The van der Waals surface area contributed by atoms with E-state index in [0.29, 0.717) is 25.3 Å². The Morgan fingerprint density at radius 3 is 2.63 bits per heavy atom. The number of nitrogens with one attached hydrogen (secondary N) is 1. The molecule has 2 aliphatic rings. The predicted molar refractivity (Wildman–Crippen MR) is 101 cm³/mol. The van der Waals surface area contributed by atoms with Crippen molar-refractivity contribution in [3.8, 4) is 0 Å². The molecule has 2 fully saturated rings. The molecule has 2 aromatic rings. The van der Waals surface area contributed by atoms with Crippen LogP contribution >= 0.6 is 0 Å². The first-order valence-electron chi connectivity index (χ1n) is 9.64. The lowest BCUT2D eigenvalue weighted by atomic mass is 10.0. The molecule has 2 amide bonds. The molecule has 6 heteroatoms. The van der Waals surface area contributed by atoms with Gasteiger partial charge in [-0.2, -0.15) is 0 Å². The zero-order chi connectivity index (χ0) is 18.6. The number of rotatable bonds is 5. The molecular weight excluding hydrogens is 342 g/mol. The molecule has 2 saturated heterocycles. The number of benzene rings is 1. The molecule has 27 heavy (non-hydrogen) atoms. The Hall–Kier alpha value is -2.60. The fraction of sp³-hybridized carbons (Fsp3) is 0.429. The predicted octanol–water partition coefficient (Wildman–Crippen LogP) is 2.06. The summed E-state index contributed by atoms with van der Waals surface area (Å²) < 4.78 is 5.83. The van der Waals surface area contributed by atoms with Gasteiger partial charge < -0.3 is 14.6 Å². The summed E-state index contributed by atoms with van der Waals surface area (Å²) in [7, 11) is 0. The van der Waals surface area contributed by atoms with Crippen molar-refractivity contribution in [1.82, 2.24) is 15.1 Å². The largest absolute Gasteiger partial charge is 0.455 e. The molecular formula is C21H25N3O3. The zero-order valence-electron chi connectivity index (χ0n) is 15.4. The summed E-state index contributed by atoms with van der Waals surface area (Å²) in [6, 6.07) is 12.9. The van der Waals surface area contributed by atoms with Crippen molar-refractivity contribution < 1.29 is 14.0 Å². The second kappa shape index (κ2) is 7.96. The smallest absolute Gasteiger partial charge is 0.290 e. The summed E-state index contributed by atoms with van der Waals surface area (Å²) in [6.45, 7) is 3.85. The number of piperazine rings is 1. The minimum absolute atomic E-state index is 0.109. The monoisotopic (exact) mass is 367 g/mol. The van der Waals surface area contributed by atoms with Gasteiger partial charge in [-0.15, -0.1) is 0 Å². The van der Waals surface area contributed by atoms with Gasteiger partial charge in [-0.05, 0) is 43.6 Å². The Bertz CT molecular complexity index is 796. The molecule has 142 valence electrons. The van der Waals surface area contributed by atoms with Crippen molar-refractivity contribution in [2.75, 3.05) is 26.2 Å². The number of carbonyl (C=O) groups excluding carboxylic acids is 2. The molecule has 0 radical (unpaired) electrons. The van der Waals surface area contributed by atoms with Crippen molar-refractivity contribution in [3.05, 3.63) is 59.5 Å². The molecule has 0 saturated carbocycles. The maximum atomic E-state index is 13.0. The number of amides is 2. The second-order valence-corrected chi connectivity index (χ2v) is 7.24. The van der Waals surface area contributed by atoms with Crippen LogP contribution in [0.25, 0.3) is 0 Å². The van der Waals surface area contributed by atoms with Gasteiger partial charge in [-0.3, -0.25) is 14.5 Å². The SMILES string of the molecule is O=C1NCCN(C(=O)c2ccc(CN3CCCC3)o2)[C@H]1Cc1ccccc1. The first-order valence-corrected chi connectivity index (χ1v) is 9.64. The van der Waals surface area contributed by atoms with Gasteiger partial charge in [0.2, 0.25) is 5.91 Å². The highest BCUT2D eigenvalue weighted by atomic mass is 16.4. The average molecular weight is 367 g/mol. The van der Waals surface area contributed by atoms with E-state index in [1.807, 2.05) is 36.4 Å². The van der Waals surface area contributed by atoms with E-state index >= 15 is 0 Å². The molecule has 0 spiro atoms. The van der Waals surface area contributed by atoms with Crippen LogP contribution in [0.3, 0.4) is 0 Å². The van der Waals surface area contributed by atoms with Gasteiger partial charge in [0.25, 0.3) is 5.91 Å². The highest BCUT2D eigenvalue weighted by Gasteiger charge is 2.34. The van der Waals surface area contributed by atoms with Crippen molar-refractivity contribution in [1.29, 1.82) is 0 Å². The van der Waals surface area contributed by atoms with Gasteiger partial charge in [-0.25, -0.2) is 0 Å². The van der Waals surface area contributed by atoms with Crippen molar-refractivity contribution in [2.24, 2.45) is 0 Å². The lowest BCUT2D eigenvalue weighted by Gasteiger charge is -2.34. The average Bonchev–Trinajstić information content (AvgIpc) is 3.36. The van der Waals surface area contributed by atoms with E-state index < -0.39 is 6.04 Å². The van der Waals surface area contributed by atoms with E-state index in [9.17, 15) is 9.59 Å². The van der Waals surface area contributed by atoms with Gasteiger partial charge >= 0.3 is 0 Å². The molecule has 1 N–H and O–H groups in total. The van der Waals surface area contributed by atoms with Crippen LogP contribution in [0.1, 0.15) is 34.7 Å². The van der Waals surface area contributed by atoms with E-state index in [2.05, 4.69) is 10.2 Å². The first kappa shape index (κ1) is 17.8. The topological polar surface area (TPSA) is 65.8 Å². The maximum absolute atomic E-state index is 13.0. The van der Waals surface area contributed by atoms with E-state index in [4.69, 9.17) is 4.42 Å². The van der Waals surface area contributed by atoms with Crippen LogP contribution in [0, 0.1) is 0 Å². The Morgan fingerprint density at radius 1 is 1.07 bits per heavy atom. The molecule has 1 aromatic carbocycles. The Morgan fingerprint density at radius 2 is 1.85 bits per heavy atom. The maximum Gasteiger partial charge on any atom is 0.290 e. The molecule has 6 nitrogen and oxygen atoms in total. The minimum Gasteiger partial charge on any atom is -0.455 e. The quantitative estimate of drug-likeness (QED) is 0.879. The van der Waals surface area contributed by atoms with Crippen LogP contribution in [-0.2, 0) is 17.8 Å². The highest BCUT2D eigenvalue weighted by Crippen LogP contribution is 2.19. The number of hydrogen-bond acceptors (Lipinski definition) is 4. The van der Waals surface area contributed by atoms with Gasteiger partial charge in [0.05, 0.1) is 6.54 Å². The number of hydrogen-bond donors (Lipinski definition) is 1. The molecule has 0 bridgehead atoms. The number of furan rings is 1. The second-order valence-electron chi connectivity index (χ2n) is 7.24. The fourth-order valence-electron chi connectivity index (χ4n) is 3.88. The van der Waals surface area contributed by atoms with Gasteiger partial charge in [0, 0.05) is 19.5 Å². The molecule has 3 heterocycles. The third-order valence-electron chi connectivity index (χ3n) is 5.31. The lowest BCUT2D eigenvalue weighted by Crippen LogP contribution is -2.58. The third-order valence-corrected chi connectivity index (χ3v) is 5.31. The van der Waals surface area contributed by atoms with E-state index in [-0.39, 0.29) is 11.8 Å². The van der Waals surface area contributed by atoms with E-state index in [0.717, 1.165) is 31.0 Å². The molecule has 0 unspecified atom stereocenters. The third kappa shape index (κ3) is 4.06. The molecule has 1 aromatic heterocycles. The van der Waals surface area contributed by atoms with Crippen molar-refractivity contribution >= 4 is 11.8 Å². The summed E-state index contributed by atoms with van der Waals surface area (Å²) in [5, 5.41) is 2.87. The molecule has 4 rings (SSSR count). The highest BCUT2D eigenvalue weighted by molar-refractivity contribution is 5.96. The summed E-state index contributed by atoms with van der Waals surface area (Å²) in [5.74, 6) is 0.805. The Kier molecular flexibility index (Phi) is 5.25. The van der Waals surface area contributed by atoms with Crippen LogP contribution in [0.15, 0.2) is 46.9 Å². The molecule has 0 aliphatic carbocycles. The number of likely N-dealkylation sites (tertiary alicyclic amines) is 1. The van der Waals surface area contributed by atoms with Gasteiger partial charge in [-0.1, -0.05) is 30.3 Å². The summed E-state index contributed by atoms with van der Waals surface area (Å²) in [5.41, 5.74) is 1.03. The summed E-state index contributed by atoms with van der Waals surface area (Å²) in [6.07, 6.45) is 2.94. The minimum atomic E-state index is -0.513. The standard InChI is InChI=1S/C21H25N3O3/c25-20-18(14-16-6-2-1-3-7-16)24(13-10-22-20)21(26)19-9-8-17(27-19)15-23-11-4-5-12-23/h1-3,6-9,18H,4-5,10-15H2,(H,22,25)/t18-/m0/s1. The van der Waals surface area contributed by atoms with Crippen LogP contribution < -0.4 is 5.32 Å². The van der Waals surface area contributed by atoms with Crippen LogP contribution in [0.4, 0.5) is 0 Å². The zero-order valence-corrected chi connectivity index (χ0v) is 15.4. The van der Waals surface area contributed by atoms with E-state index in [1.54, 1.807) is 11.0 Å². The fourth-order valence-corrected chi connectivity index (χ4v) is 3.88. The lowest BCUT2D eigenvalue weighted by molar-refractivity contribution is -0.127. The van der Waals surface area contributed by atoms with Gasteiger partial charge in [0.15, 0.2) is 5.76 Å². The molecule has 2 aliphatic heterocycles. The summed E-state index contributed by atoms with van der Waals surface area (Å²) in [4.78, 5) is 29.4. The van der Waals surface area contributed by atoms with Crippen LogP contribution in [-0.4, -0.2) is 53.8 Å². The first-order chi connectivity index (χ1) is 13.2. The Labute approximate surface area is 159 Å².